The van der Waals surface area contributed by atoms with Crippen LogP contribution in [0, 0.1) is 0 Å². The van der Waals surface area contributed by atoms with Gasteiger partial charge >= 0.3 is 0 Å². The van der Waals surface area contributed by atoms with Gasteiger partial charge in [-0.2, -0.15) is 0 Å². The second-order valence-corrected chi connectivity index (χ2v) is 5.89. The molecule has 1 heterocycles. The Labute approximate surface area is 126 Å². The van der Waals surface area contributed by atoms with E-state index in [1.165, 1.54) is 0 Å². The summed E-state index contributed by atoms with van der Waals surface area (Å²) in [6.07, 6.45) is 2.12. The first-order valence-corrected chi connectivity index (χ1v) is 7.45. The molecule has 0 atom stereocenters. The maximum absolute atomic E-state index is 12.0. The third kappa shape index (κ3) is 4.63. The summed E-state index contributed by atoms with van der Waals surface area (Å²) >= 11 is 0. The first-order chi connectivity index (χ1) is 10.00. The minimum Gasteiger partial charge on any atom is -0.486 e. The molecule has 0 aliphatic carbocycles. The van der Waals surface area contributed by atoms with Crippen LogP contribution in [0.3, 0.4) is 0 Å². The summed E-state index contributed by atoms with van der Waals surface area (Å²) in [5, 5.41) is 6.14. The fourth-order valence-electron chi connectivity index (χ4n) is 2.36. The normalized spacial score (nSPS) is 13.9. The number of rotatable bonds is 6. The maximum atomic E-state index is 12.0. The molecule has 0 saturated heterocycles. The van der Waals surface area contributed by atoms with Gasteiger partial charge in [-0.3, -0.25) is 4.79 Å². The minimum atomic E-state index is -0.0594. The summed E-state index contributed by atoms with van der Waals surface area (Å²) in [5.74, 6) is 1.34. The Morgan fingerprint density at radius 3 is 2.67 bits per heavy atom. The maximum Gasteiger partial charge on any atom is 0.238 e. The molecule has 0 bridgehead atoms. The zero-order valence-corrected chi connectivity index (χ0v) is 13.0. The van der Waals surface area contributed by atoms with Crippen LogP contribution in [-0.2, 0) is 4.79 Å². The van der Waals surface area contributed by atoms with E-state index in [9.17, 15) is 4.79 Å². The third-order valence-electron chi connectivity index (χ3n) is 3.43. The highest BCUT2D eigenvalue weighted by atomic mass is 16.6. The van der Waals surface area contributed by atoms with Crippen molar-refractivity contribution in [1.29, 1.82) is 0 Å². The highest BCUT2D eigenvalue weighted by Crippen LogP contribution is 2.32. The summed E-state index contributed by atoms with van der Waals surface area (Å²) < 4.78 is 11.0. The Morgan fingerprint density at radius 2 is 1.95 bits per heavy atom. The largest absolute Gasteiger partial charge is 0.486 e. The van der Waals surface area contributed by atoms with Crippen LogP contribution < -0.4 is 20.1 Å². The van der Waals surface area contributed by atoms with E-state index in [0.29, 0.717) is 25.5 Å². The first kappa shape index (κ1) is 15.6. The zero-order valence-electron chi connectivity index (χ0n) is 13.0. The zero-order chi connectivity index (χ0) is 15.3. The summed E-state index contributed by atoms with van der Waals surface area (Å²) in [6.45, 7) is 7.74. The van der Waals surface area contributed by atoms with Crippen molar-refractivity contribution in [2.24, 2.45) is 0 Å². The molecular weight excluding hydrogens is 268 g/mol. The van der Waals surface area contributed by atoms with Crippen LogP contribution in [0.25, 0.3) is 0 Å². The number of carbonyl (C=O) groups is 1. The van der Waals surface area contributed by atoms with Gasteiger partial charge in [0, 0.05) is 17.3 Å². The van der Waals surface area contributed by atoms with E-state index >= 15 is 0 Å². The van der Waals surface area contributed by atoms with Gasteiger partial charge in [0.1, 0.15) is 13.2 Å². The van der Waals surface area contributed by atoms with Crippen LogP contribution >= 0.6 is 0 Å². The fraction of sp³-hybridized carbons (Fsp3) is 0.562. The Balaban J connectivity index is 1.88. The van der Waals surface area contributed by atoms with Crippen LogP contribution in [0.2, 0.25) is 0 Å². The number of fused-ring (bicyclic) bond motifs is 1. The molecule has 0 fully saturated rings. The average Bonchev–Trinajstić information content (AvgIpc) is 2.45. The fourth-order valence-corrected chi connectivity index (χ4v) is 2.36. The molecule has 0 radical (unpaired) electrons. The molecule has 0 unspecified atom stereocenters. The smallest absolute Gasteiger partial charge is 0.238 e. The molecule has 1 aliphatic heterocycles. The highest BCUT2D eigenvalue weighted by Gasteiger charge is 2.17. The molecule has 2 rings (SSSR count). The SMILES string of the molecule is CCCC(C)(C)NCC(=O)Nc1ccc2c(c1)OCCO2. The number of amides is 1. The van der Waals surface area contributed by atoms with Gasteiger partial charge in [0.25, 0.3) is 0 Å². The van der Waals surface area contributed by atoms with Crippen LogP contribution in [0.15, 0.2) is 18.2 Å². The van der Waals surface area contributed by atoms with Crippen molar-refractivity contribution in [2.45, 2.75) is 39.2 Å². The summed E-state index contributed by atoms with van der Waals surface area (Å²) in [4.78, 5) is 12.0. The molecule has 116 valence electrons. The summed E-state index contributed by atoms with van der Waals surface area (Å²) in [6, 6.07) is 5.44. The van der Waals surface area contributed by atoms with Crippen molar-refractivity contribution in [2.75, 3.05) is 25.1 Å². The number of hydrogen-bond donors (Lipinski definition) is 2. The first-order valence-electron chi connectivity index (χ1n) is 7.45. The number of anilines is 1. The number of nitrogens with one attached hydrogen (secondary N) is 2. The van der Waals surface area contributed by atoms with Crippen molar-refractivity contribution in [1.82, 2.24) is 5.32 Å². The number of ether oxygens (including phenoxy) is 2. The van der Waals surface area contributed by atoms with Gasteiger partial charge in [-0.05, 0) is 32.4 Å². The minimum absolute atomic E-state index is 0.0289. The topological polar surface area (TPSA) is 59.6 Å². The Morgan fingerprint density at radius 1 is 1.24 bits per heavy atom. The van der Waals surface area contributed by atoms with Crippen LogP contribution in [0.4, 0.5) is 5.69 Å². The van der Waals surface area contributed by atoms with E-state index < -0.39 is 0 Å². The van der Waals surface area contributed by atoms with Crippen LogP contribution in [-0.4, -0.2) is 31.2 Å². The van der Waals surface area contributed by atoms with Crippen molar-refractivity contribution in [3.63, 3.8) is 0 Å². The van der Waals surface area contributed by atoms with E-state index in [1.807, 2.05) is 12.1 Å². The van der Waals surface area contributed by atoms with Gasteiger partial charge in [0.2, 0.25) is 5.91 Å². The Bertz CT molecular complexity index is 500. The number of benzene rings is 1. The molecule has 0 aromatic heterocycles. The molecule has 5 nitrogen and oxygen atoms in total. The second kappa shape index (κ2) is 6.80. The predicted octanol–water partition coefficient (Wildman–Crippen LogP) is 2.56. The van der Waals surface area contributed by atoms with Crippen molar-refractivity contribution >= 4 is 11.6 Å². The van der Waals surface area contributed by atoms with E-state index in [1.54, 1.807) is 6.07 Å². The van der Waals surface area contributed by atoms with Crippen LogP contribution in [0.1, 0.15) is 33.6 Å². The average molecular weight is 292 g/mol. The predicted molar refractivity (Wildman–Crippen MR) is 83.1 cm³/mol. The molecule has 0 spiro atoms. The molecular formula is C16H24N2O3. The van der Waals surface area contributed by atoms with E-state index in [-0.39, 0.29) is 11.4 Å². The molecule has 21 heavy (non-hydrogen) atoms. The number of hydrogen-bond acceptors (Lipinski definition) is 4. The van der Waals surface area contributed by atoms with E-state index in [2.05, 4.69) is 31.4 Å². The quantitative estimate of drug-likeness (QED) is 0.846. The lowest BCUT2D eigenvalue weighted by atomic mass is 9.99. The summed E-state index contributed by atoms with van der Waals surface area (Å²) in [7, 11) is 0. The highest BCUT2D eigenvalue weighted by molar-refractivity contribution is 5.92. The van der Waals surface area contributed by atoms with Gasteiger partial charge in [-0.25, -0.2) is 0 Å². The van der Waals surface area contributed by atoms with Gasteiger partial charge in [-0.1, -0.05) is 13.3 Å². The molecule has 1 aliphatic rings. The molecule has 5 heteroatoms. The third-order valence-corrected chi connectivity index (χ3v) is 3.43. The molecule has 2 N–H and O–H groups in total. The number of carbonyl (C=O) groups excluding carboxylic acids is 1. The van der Waals surface area contributed by atoms with E-state index in [0.717, 1.165) is 24.3 Å². The van der Waals surface area contributed by atoms with Gasteiger partial charge in [0.15, 0.2) is 11.5 Å². The van der Waals surface area contributed by atoms with Crippen molar-refractivity contribution in [3.8, 4) is 11.5 Å². The molecule has 1 amide bonds. The van der Waals surface area contributed by atoms with Crippen molar-refractivity contribution < 1.29 is 14.3 Å². The van der Waals surface area contributed by atoms with Gasteiger partial charge in [0.05, 0.1) is 6.54 Å². The molecule has 1 aromatic carbocycles. The second-order valence-electron chi connectivity index (χ2n) is 5.89. The molecule has 0 saturated carbocycles. The van der Waals surface area contributed by atoms with Gasteiger partial charge in [-0.15, -0.1) is 0 Å². The molecule has 1 aromatic rings. The van der Waals surface area contributed by atoms with Crippen molar-refractivity contribution in [3.05, 3.63) is 18.2 Å². The lowest BCUT2D eigenvalue weighted by Gasteiger charge is -2.25. The van der Waals surface area contributed by atoms with Gasteiger partial charge < -0.3 is 20.1 Å². The standard InChI is InChI=1S/C16H24N2O3/c1-4-7-16(2,3)17-11-15(19)18-12-5-6-13-14(10-12)21-9-8-20-13/h5-6,10,17H,4,7-9,11H2,1-3H3,(H,18,19). The lowest BCUT2D eigenvalue weighted by molar-refractivity contribution is -0.115. The van der Waals surface area contributed by atoms with Crippen LogP contribution in [0.5, 0.6) is 11.5 Å². The Hall–Kier alpha value is -1.75. The Kier molecular flexibility index (Phi) is 5.07. The summed E-state index contributed by atoms with van der Waals surface area (Å²) in [5.41, 5.74) is 0.693. The lowest BCUT2D eigenvalue weighted by Crippen LogP contribution is -2.43. The van der Waals surface area contributed by atoms with E-state index in [4.69, 9.17) is 9.47 Å². The monoisotopic (exact) mass is 292 g/mol.